The van der Waals surface area contributed by atoms with Gasteiger partial charge in [-0.05, 0) is 32.5 Å². The zero-order chi connectivity index (χ0) is 15.0. The fourth-order valence-corrected chi connectivity index (χ4v) is 3.37. The van der Waals surface area contributed by atoms with E-state index < -0.39 is 23.5 Å². The molecule has 3 atom stereocenters. The van der Waals surface area contributed by atoms with Gasteiger partial charge >= 0.3 is 0 Å². The summed E-state index contributed by atoms with van der Waals surface area (Å²) in [5.41, 5.74) is 0.110. The van der Waals surface area contributed by atoms with Gasteiger partial charge in [-0.1, -0.05) is 6.07 Å². The van der Waals surface area contributed by atoms with Crippen molar-refractivity contribution in [3.05, 3.63) is 35.1 Å². The SMILES string of the molecule is CNC(c1ccc(F)c(F)c1F)C1CN2CCCC2CO1. The third-order valence-corrected chi connectivity index (χ3v) is 4.50. The van der Waals surface area contributed by atoms with E-state index in [1.54, 1.807) is 7.05 Å². The number of ether oxygens (including phenoxy) is 1. The molecule has 1 aromatic rings. The first-order valence-corrected chi connectivity index (χ1v) is 7.28. The first-order valence-electron chi connectivity index (χ1n) is 7.28. The molecule has 3 unspecified atom stereocenters. The van der Waals surface area contributed by atoms with Crippen LogP contribution in [0.3, 0.4) is 0 Å². The minimum Gasteiger partial charge on any atom is -0.373 e. The maximum Gasteiger partial charge on any atom is 0.194 e. The minimum atomic E-state index is -1.43. The molecule has 0 spiro atoms. The second-order valence-electron chi connectivity index (χ2n) is 5.69. The molecule has 1 N–H and O–H groups in total. The molecule has 2 aliphatic rings. The van der Waals surface area contributed by atoms with Gasteiger partial charge in [0, 0.05) is 18.2 Å². The van der Waals surface area contributed by atoms with Gasteiger partial charge in [0.15, 0.2) is 17.5 Å². The monoisotopic (exact) mass is 300 g/mol. The van der Waals surface area contributed by atoms with E-state index in [4.69, 9.17) is 4.74 Å². The normalized spacial score (nSPS) is 27.6. The first kappa shape index (κ1) is 14.8. The maximum atomic E-state index is 14.0. The fraction of sp³-hybridized carbons (Fsp3) is 0.600. The van der Waals surface area contributed by atoms with E-state index in [1.165, 1.54) is 6.07 Å². The van der Waals surface area contributed by atoms with Crippen LogP contribution in [0.1, 0.15) is 24.4 Å². The van der Waals surface area contributed by atoms with Gasteiger partial charge in [-0.3, -0.25) is 4.90 Å². The van der Waals surface area contributed by atoms with Crippen LogP contribution in [0, 0.1) is 17.5 Å². The van der Waals surface area contributed by atoms with Gasteiger partial charge in [0.05, 0.1) is 18.8 Å². The van der Waals surface area contributed by atoms with Crippen LogP contribution < -0.4 is 5.32 Å². The zero-order valence-corrected chi connectivity index (χ0v) is 11.9. The molecule has 116 valence electrons. The number of hydrogen-bond donors (Lipinski definition) is 1. The summed E-state index contributed by atoms with van der Waals surface area (Å²) >= 11 is 0. The van der Waals surface area contributed by atoms with Crippen LogP contribution in [0.5, 0.6) is 0 Å². The molecule has 0 saturated carbocycles. The van der Waals surface area contributed by atoms with Gasteiger partial charge in [-0.15, -0.1) is 0 Å². The number of nitrogens with one attached hydrogen (secondary N) is 1. The van der Waals surface area contributed by atoms with Crippen LogP contribution in [0.15, 0.2) is 12.1 Å². The lowest BCUT2D eigenvalue weighted by Crippen LogP contribution is -2.50. The Bertz CT molecular complexity index is 526. The molecule has 2 aliphatic heterocycles. The predicted octanol–water partition coefficient (Wildman–Crippen LogP) is 2.23. The molecule has 0 bridgehead atoms. The van der Waals surface area contributed by atoms with Crippen LogP contribution in [0.25, 0.3) is 0 Å². The van der Waals surface area contributed by atoms with Gasteiger partial charge < -0.3 is 10.1 Å². The molecule has 3 nitrogen and oxygen atoms in total. The smallest absolute Gasteiger partial charge is 0.194 e. The van der Waals surface area contributed by atoms with Gasteiger partial charge in [-0.25, -0.2) is 13.2 Å². The number of morpholine rings is 1. The summed E-state index contributed by atoms with van der Waals surface area (Å²) in [4.78, 5) is 2.33. The summed E-state index contributed by atoms with van der Waals surface area (Å²) in [6.45, 7) is 2.30. The minimum absolute atomic E-state index is 0.110. The molecular weight excluding hydrogens is 281 g/mol. The van der Waals surface area contributed by atoms with Gasteiger partial charge in [0.25, 0.3) is 0 Å². The number of nitrogens with zero attached hydrogens (tertiary/aromatic N) is 1. The van der Waals surface area contributed by atoms with Crippen molar-refractivity contribution in [1.29, 1.82) is 0 Å². The highest BCUT2D eigenvalue weighted by molar-refractivity contribution is 5.25. The van der Waals surface area contributed by atoms with E-state index in [2.05, 4.69) is 10.2 Å². The van der Waals surface area contributed by atoms with Crippen molar-refractivity contribution in [1.82, 2.24) is 10.2 Å². The molecule has 2 fully saturated rings. The Morgan fingerprint density at radius 1 is 1.29 bits per heavy atom. The second-order valence-corrected chi connectivity index (χ2v) is 5.69. The predicted molar refractivity (Wildman–Crippen MR) is 72.5 cm³/mol. The molecule has 1 aromatic carbocycles. The van der Waals surface area contributed by atoms with Crippen LogP contribution in [0.2, 0.25) is 0 Å². The van der Waals surface area contributed by atoms with E-state index >= 15 is 0 Å². The summed E-state index contributed by atoms with van der Waals surface area (Å²) < 4.78 is 46.3. The molecular formula is C15H19F3N2O. The number of hydrogen-bond acceptors (Lipinski definition) is 3. The molecule has 0 radical (unpaired) electrons. The van der Waals surface area contributed by atoms with Crippen LogP contribution in [-0.2, 0) is 4.74 Å². The van der Waals surface area contributed by atoms with Crippen LogP contribution >= 0.6 is 0 Å². The Hall–Kier alpha value is -1.11. The summed E-state index contributed by atoms with van der Waals surface area (Å²) in [5.74, 6) is -3.74. The third-order valence-electron chi connectivity index (χ3n) is 4.50. The average molecular weight is 300 g/mol. The van der Waals surface area contributed by atoms with Gasteiger partial charge in [-0.2, -0.15) is 0 Å². The summed E-state index contributed by atoms with van der Waals surface area (Å²) in [7, 11) is 1.67. The molecule has 0 aromatic heterocycles. The Balaban J connectivity index is 1.83. The maximum absolute atomic E-state index is 14.0. The lowest BCUT2D eigenvalue weighted by Gasteiger charge is -2.39. The van der Waals surface area contributed by atoms with E-state index in [0.717, 1.165) is 25.5 Å². The van der Waals surface area contributed by atoms with Crippen LogP contribution in [-0.4, -0.2) is 43.8 Å². The van der Waals surface area contributed by atoms with Crippen molar-refractivity contribution in [2.45, 2.75) is 31.0 Å². The van der Waals surface area contributed by atoms with Gasteiger partial charge in [0.1, 0.15) is 0 Å². The fourth-order valence-electron chi connectivity index (χ4n) is 3.37. The van der Waals surface area contributed by atoms with Gasteiger partial charge in [0.2, 0.25) is 0 Å². The molecule has 2 heterocycles. The number of rotatable bonds is 3. The quantitative estimate of drug-likeness (QED) is 0.866. The Labute approximate surface area is 122 Å². The van der Waals surface area contributed by atoms with Crippen molar-refractivity contribution in [2.75, 3.05) is 26.7 Å². The summed E-state index contributed by atoms with van der Waals surface area (Å²) in [5, 5.41) is 2.97. The average Bonchev–Trinajstić information content (AvgIpc) is 2.95. The lowest BCUT2D eigenvalue weighted by atomic mass is 9.98. The summed E-state index contributed by atoms with van der Waals surface area (Å²) in [6.07, 6.45) is 1.99. The zero-order valence-electron chi connectivity index (χ0n) is 11.9. The van der Waals surface area contributed by atoms with Crippen LogP contribution in [0.4, 0.5) is 13.2 Å². The molecule has 2 saturated heterocycles. The standard InChI is InChI=1S/C15H19F3N2O/c1-19-15(10-4-5-11(16)14(18)13(10)17)12-7-20-6-2-3-9(20)8-21-12/h4-5,9,12,15,19H,2-3,6-8H2,1H3. The Morgan fingerprint density at radius 2 is 2.10 bits per heavy atom. The topological polar surface area (TPSA) is 24.5 Å². The molecule has 0 aliphatic carbocycles. The summed E-state index contributed by atoms with van der Waals surface area (Å²) in [6, 6.07) is 2.18. The highest BCUT2D eigenvalue weighted by Crippen LogP contribution is 2.30. The van der Waals surface area contributed by atoms with Crippen molar-refractivity contribution in [3.8, 4) is 0 Å². The number of halogens is 3. The lowest BCUT2D eigenvalue weighted by molar-refractivity contribution is -0.0647. The Kier molecular flexibility index (Phi) is 4.19. The molecule has 6 heteroatoms. The van der Waals surface area contributed by atoms with Crippen molar-refractivity contribution in [3.63, 3.8) is 0 Å². The largest absolute Gasteiger partial charge is 0.373 e. The number of benzene rings is 1. The number of likely N-dealkylation sites (N-methyl/N-ethyl adjacent to an activating group) is 1. The number of fused-ring (bicyclic) bond motifs is 1. The Morgan fingerprint density at radius 3 is 2.86 bits per heavy atom. The van der Waals surface area contributed by atoms with E-state index in [0.29, 0.717) is 19.2 Å². The highest BCUT2D eigenvalue weighted by atomic mass is 19.2. The van der Waals surface area contributed by atoms with Crippen molar-refractivity contribution < 1.29 is 17.9 Å². The second kappa shape index (κ2) is 5.94. The molecule has 0 amide bonds. The van der Waals surface area contributed by atoms with Crippen molar-refractivity contribution in [2.24, 2.45) is 0 Å². The molecule has 21 heavy (non-hydrogen) atoms. The van der Waals surface area contributed by atoms with E-state index in [9.17, 15) is 13.2 Å². The first-order chi connectivity index (χ1) is 10.1. The molecule has 3 rings (SSSR count). The van der Waals surface area contributed by atoms with Crippen molar-refractivity contribution >= 4 is 0 Å². The van der Waals surface area contributed by atoms with E-state index in [-0.39, 0.29) is 11.7 Å². The van der Waals surface area contributed by atoms with E-state index in [1.807, 2.05) is 0 Å². The third kappa shape index (κ3) is 2.67. The highest BCUT2D eigenvalue weighted by Gasteiger charge is 2.37.